The fourth-order valence-electron chi connectivity index (χ4n) is 6.83. The average molecular weight is 442 g/mol. The van der Waals surface area contributed by atoms with Crippen LogP contribution < -0.4 is 5.32 Å². The predicted molar refractivity (Wildman–Crippen MR) is 129 cm³/mol. The van der Waals surface area contributed by atoms with E-state index in [0.29, 0.717) is 30.0 Å². The van der Waals surface area contributed by atoms with Crippen molar-refractivity contribution in [1.82, 2.24) is 0 Å². The third-order valence-electron chi connectivity index (χ3n) is 8.72. The predicted octanol–water partition coefficient (Wildman–Crippen LogP) is 6.21. The van der Waals surface area contributed by atoms with Crippen LogP contribution in [0.1, 0.15) is 74.1 Å². The Morgan fingerprint density at radius 2 is 1.84 bits per heavy atom. The molecule has 0 aliphatic heterocycles. The number of anilines is 1. The maximum absolute atomic E-state index is 10.7. The van der Waals surface area contributed by atoms with Gasteiger partial charge in [0.05, 0.1) is 6.10 Å². The molecule has 0 saturated heterocycles. The minimum absolute atomic E-state index is 0. The summed E-state index contributed by atoms with van der Waals surface area (Å²) in [6, 6.07) is 12.9. The summed E-state index contributed by atoms with van der Waals surface area (Å²) in [6.45, 7) is 5.14. The molecule has 0 heterocycles. The maximum atomic E-state index is 10.7. The second-order valence-corrected chi connectivity index (χ2v) is 10.1. The quantitative estimate of drug-likeness (QED) is 0.529. The SMILES string of the molecule is CCc1ccc(NCc2cc3c(cc2O)CC[C@@H]2[C@@H]3CC[C@]3(C)[C@@H](O)CC[C@@H]23)cc1.Cl. The number of phenolic OH excluding ortho intramolecular Hbond substituents is 1. The zero-order chi connectivity index (χ0) is 20.9. The number of hydrogen-bond donors (Lipinski definition) is 3. The van der Waals surface area contributed by atoms with Gasteiger partial charge in [-0.1, -0.05) is 26.0 Å². The van der Waals surface area contributed by atoms with Crippen molar-refractivity contribution >= 4 is 18.1 Å². The Hall–Kier alpha value is -1.71. The summed E-state index contributed by atoms with van der Waals surface area (Å²) in [5.74, 6) is 2.33. The fraction of sp³-hybridized carbons (Fsp3) is 0.556. The molecule has 168 valence electrons. The molecule has 3 N–H and O–H groups in total. The monoisotopic (exact) mass is 441 g/mol. The number of aromatic hydroxyl groups is 1. The standard InChI is InChI=1S/C27H35NO2.ClH/c1-3-17-4-7-20(8-5-17)28-16-19-14-23-18(15-25(19)29)6-9-22-21(23)12-13-27(2)24(22)10-11-26(27)30;/h4-5,7-8,14-15,21-22,24,26,28-30H,3,6,9-13,16H2,1-2H3;1H/t21-,22+,24-,26-,27-;/m0./s1. The number of aliphatic hydroxyl groups is 1. The van der Waals surface area contributed by atoms with Gasteiger partial charge >= 0.3 is 0 Å². The van der Waals surface area contributed by atoms with Crippen LogP contribution in [0.25, 0.3) is 0 Å². The van der Waals surface area contributed by atoms with E-state index in [1.807, 2.05) is 6.07 Å². The lowest BCUT2D eigenvalue weighted by Gasteiger charge is -2.50. The lowest BCUT2D eigenvalue weighted by molar-refractivity contribution is -0.0226. The van der Waals surface area contributed by atoms with Gasteiger partial charge < -0.3 is 15.5 Å². The van der Waals surface area contributed by atoms with E-state index in [1.54, 1.807) is 0 Å². The molecule has 0 bridgehead atoms. The molecule has 0 unspecified atom stereocenters. The van der Waals surface area contributed by atoms with Crippen molar-refractivity contribution in [2.75, 3.05) is 5.32 Å². The molecule has 3 nitrogen and oxygen atoms in total. The highest BCUT2D eigenvalue weighted by Gasteiger charge is 2.54. The Kier molecular flexibility index (Phi) is 6.29. The van der Waals surface area contributed by atoms with Gasteiger partial charge in [-0.2, -0.15) is 0 Å². The molecule has 0 radical (unpaired) electrons. The van der Waals surface area contributed by atoms with E-state index >= 15 is 0 Å². The highest BCUT2D eigenvalue weighted by Crippen LogP contribution is 2.61. The van der Waals surface area contributed by atoms with E-state index < -0.39 is 0 Å². The molecule has 4 heteroatoms. The molecular formula is C27H36ClNO2. The highest BCUT2D eigenvalue weighted by molar-refractivity contribution is 5.85. The van der Waals surface area contributed by atoms with E-state index in [2.05, 4.69) is 49.5 Å². The molecule has 2 saturated carbocycles. The third kappa shape index (κ3) is 3.85. The number of fused-ring (bicyclic) bond motifs is 5. The number of nitrogens with one attached hydrogen (secondary N) is 1. The van der Waals surface area contributed by atoms with Crippen LogP contribution >= 0.6 is 12.4 Å². The number of aryl methyl sites for hydroxylation is 2. The summed E-state index contributed by atoms with van der Waals surface area (Å²) in [4.78, 5) is 0. The van der Waals surface area contributed by atoms with Crippen molar-refractivity contribution in [2.24, 2.45) is 17.3 Å². The minimum atomic E-state index is -0.122. The average Bonchev–Trinajstić information content (AvgIpc) is 3.07. The number of halogens is 1. The van der Waals surface area contributed by atoms with Gasteiger partial charge in [-0.15, -0.1) is 12.4 Å². The summed E-state index contributed by atoms with van der Waals surface area (Å²) in [5, 5.41) is 24.8. The van der Waals surface area contributed by atoms with Crippen LogP contribution in [0.15, 0.2) is 36.4 Å². The lowest BCUT2D eigenvalue weighted by Crippen LogP contribution is -2.43. The third-order valence-corrected chi connectivity index (χ3v) is 8.72. The van der Waals surface area contributed by atoms with Gasteiger partial charge in [-0.3, -0.25) is 0 Å². The zero-order valence-corrected chi connectivity index (χ0v) is 19.5. The van der Waals surface area contributed by atoms with E-state index in [0.717, 1.165) is 43.4 Å². The Morgan fingerprint density at radius 1 is 1.06 bits per heavy atom. The molecule has 3 aliphatic carbocycles. The first-order chi connectivity index (χ1) is 14.5. The first-order valence-corrected chi connectivity index (χ1v) is 11.8. The van der Waals surface area contributed by atoms with Crippen LogP contribution in [0.4, 0.5) is 5.69 Å². The number of rotatable bonds is 4. The van der Waals surface area contributed by atoms with Crippen molar-refractivity contribution in [2.45, 2.75) is 77.4 Å². The number of hydrogen-bond acceptors (Lipinski definition) is 3. The minimum Gasteiger partial charge on any atom is -0.508 e. The van der Waals surface area contributed by atoms with Crippen molar-refractivity contribution in [3.05, 3.63) is 58.7 Å². The van der Waals surface area contributed by atoms with Crippen molar-refractivity contribution in [1.29, 1.82) is 0 Å². The second kappa shape index (κ2) is 8.67. The number of aliphatic hydroxyl groups excluding tert-OH is 1. The fourth-order valence-corrected chi connectivity index (χ4v) is 6.83. The van der Waals surface area contributed by atoms with E-state index in [-0.39, 0.29) is 23.9 Å². The molecule has 2 aromatic rings. The summed E-state index contributed by atoms with van der Waals surface area (Å²) < 4.78 is 0. The first kappa shape index (κ1) is 22.5. The molecule has 5 atom stereocenters. The molecule has 3 aliphatic rings. The maximum Gasteiger partial charge on any atom is 0.120 e. The van der Waals surface area contributed by atoms with Crippen LogP contribution in [0, 0.1) is 17.3 Å². The van der Waals surface area contributed by atoms with Crippen molar-refractivity contribution in [3.8, 4) is 5.75 Å². The van der Waals surface area contributed by atoms with E-state index in [4.69, 9.17) is 0 Å². The Labute approximate surface area is 192 Å². The largest absolute Gasteiger partial charge is 0.508 e. The van der Waals surface area contributed by atoms with Crippen molar-refractivity contribution < 1.29 is 10.2 Å². The first-order valence-electron chi connectivity index (χ1n) is 11.8. The topological polar surface area (TPSA) is 52.5 Å². The smallest absolute Gasteiger partial charge is 0.120 e. The Morgan fingerprint density at radius 3 is 2.58 bits per heavy atom. The van der Waals surface area contributed by atoms with Crippen molar-refractivity contribution in [3.63, 3.8) is 0 Å². The Balaban J connectivity index is 0.00000231. The highest BCUT2D eigenvalue weighted by atomic mass is 35.5. The summed E-state index contributed by atoms with van der Waals surface area (Å²) in [7, 11) is 0. The van der Waals surface area contributed by atoms with Gasteiger partial charge in [0, 0.05) is 17.8 Å². The zero-order valence-electron chi connectivity index (χ0n) is 18.7. The number of phenols is 1. The molecule has 2 aromatic carbocycles. The van der Waals surface area contributed by atoms with Crippen LogP contribution in [0.2, 0.25) is 0 Å². The summed E-state index contributed by atoms with van der Waals surface area (Å²) in [5.41, 5.74) is 6.34. The normalized spacial score (nSPS) is 31.2. The van der Waals surface area contributed by atoms with Crippen LogP contribution in [0.3, 0.4) is 0 Å². The van der Waals surface area contributed by atoms with Crippen LogP contribution in [0.5, 0.6) is 5.75 Å². The molecule has 0 spiro atoms. The van der Waals surface area contributed by atoms with Gasteiger partial charge in [0.25, 0.3) is 0 Å². The van der Waals surface area contributed by atoms with Crippen LogP contribution in [-0.2, 0) is 19.4 Å². The summed E-state index contributed by atoms with van der Waals surface area (Å²) in [6.07, 6.45) is 7.61. The van der Waals surface area contributed by atoms with Gasteiger partial charge in [0.1, 0.15) is 5.75 Å². The second-order valence-electron chi connectivity index (χ2n) is 10.1. The van der Waals surface area contributed by atoms with Crippen LogP contribution in [-0.4, -0.2) is 16.3 Å². The Bertz CT molecular complexity index is 928. The molecule has 0 amide bonds. The molecule has 5 rings (SSSR count). The van der Waals surface area contributed by atoms with Gasteiger partial charge in [0.15, 0.2) is 0 Å². The molecule has 2 fully saturated rings. The number of benzene rings is 2. The molecule has 0 aromatic heterocycles. The lowest BCUT2D eigenvalue weighted by atomic mass is 9.55. The van der Waals surface area contributed by atoms with E-state index in [9.17, 15) is 10.2 Å². The van der Waals surface area contributed by atoms with Gasteiger partial charge in [0.2, 0.25) is 0 Å². The van der Waals surface area contributed by atoms with E-state index in [1.165, 1.54) is 29.5 Å². The van der Waals surface area contributed by atoms with Gasteiger partial charge in [-0.05, 0) is 109 Å². The molecular weight excluding hydrogens is 406 g/mol. The summed E-state index contributed by atoms with van der Waals surface area (Å²) >= 11 is 0. The molecule has 31 heavy (non-hydrogen) atoms. The van der Waals surface area contributed by atoms with Gasteiger partial charge in [-0.25, -0.2) is 0 Å².